The lowest BCUT2D eigenvalue weighted by molar-refractivity contribution is -0.134. The molecule has 334 valence electrons. The van der Waals surface area contributed by atoms with E-state index in [-0.39, 0.29) is 50.8 Å². The molecule has 0 aromatic heterocycles. The number of aromatic carboxylic acids is 1. The molecule has 19 nitrogen and oxygen atoms in total. The molecular formula is C45H47N7O12. The van der Waals surface area contributed by atoms with Crippen molar-refractivity contribution < 1.29 is 58.7 Å². The Kier molecular flexibility index (Phi) is 15.6. The van der Waals surface area contributed by atoms with Crippen molar-refractivity contribution in [3.8, 4) is 17.2 Å². The normalized spacial score (nSPS) is 12.8. The number of carboxylic acids is 1. The maximum atomic E-state index is 13.6. The highest BCUT2D eigenvalue weighted by Gasteiger charge is 2.34. The summed E-state index contributed by atoms with van der Waals surface area (Å²) in [6.07, 6.45) is -2.96. The van der Waals surface area contributed by atoms with Crippen LogP contribution in [-0.2, 0) is 20.7 Å². The molecule has 0 saturated heterocycles. The van der Waals surface area contributed by atoms with Gasteiger partial charge in [0.1, 0.15) is 18.0 Å². The number of phenols is 2. The zero-order chi connectivity index (χ0) is 46.7. The number of primary amides is 1. The lowest BCUT2D eigenvalue weighted by Crippen LogP contribution is -2.56. The van der Waals surface area contributed by atoms with E-state index in [0.717, 1.165) is 12.7 Å². The summed E-state index contributed by atoms with van der Waals surface area (Å²) in [6, 6.07) is 23.4. The van der Waals surface area contributed by atoms with Gasteiger partial charge in [-0.05, 0) is 123 Å². The number of nitrogens with one attached hydrogen (secondary N) is 5. The molecule has 64 heavy (non-hydrogen) atoms. The third-order valence-electron chi connectivity index (χ3n) is 9.46. The van der Waals surface area contributed by atoms with Crippen molar-refractivity contribution in [3.05, 3.63) is 137 Å². The van der Waals surface area contributed by atoms with Crippen molar-refractivity contribution in [2.24, 2.45) is 11.5 Å². The Morgan fingerprint density at radius 3 is 1.77 bits per heavy atom. The Morgan fingerprint density at radius 1 is 0.672 bits per heavy atom. The first-order valence-electron chi connectivity index (χ1n) is 19.5. The summed E-state index contributed by atoms with van der Waals surface area (Å²) in [5.41, 5.74) is 13.4. The summed E-state index contributed by atoms with van der Waals surface area (Å²) in [6.45, 7) is 3.35. The lowest BCUT2D eigenvalue weighted by atomic mass is 10.0. The monoisotopic (exact) mass is 877 g/mol. The van der Waals surface area contributed by atoms with Crippen LogP contribution in [0.5, 0.6) is 17.2 Å². The molecule has 0 fully saturated rings. The number of hydrogen-bond acceptors (Lipinski definition) is 13. The molecule has 0 saturated carbocycles. The molecule has 5 aromatic rings. The van der Waals surface area contributed by atoms with E-state index < -0.39 is 71.8 Å². The van der Waals surface area contributed by atoms with Crippen LogP contribution < -0.4 is 42.8 Å². The standard InChI is InChI=1S/C45H47N7O12/c1-23(2)64-37-34(21-20-32(36(37)54)42(58)48-28-16-10-27(11-17-28)45(61)62)51-40(56)25-6-14-30(15-7-25)50-44(60)35(38(63-3)39(47)55)52-41(57)26-8-12-29(13-9-26)49-43(59)33(46)22-24-4-18-31(53)19-5-24/h4-21,23,33,35,38,43,49,53-54,59H,22,46H2,1-3H3,(H2,47,55)(H,48,58)(H,50,60)(H,51,56)(H,52,57)(H,61,62)/t33?,35-,38+,43-/m0/s1. The summed E-state index contributed by atoms with van der Waals surface area (Å²) in [4.78, 5) is 76.8. The number of phenolic OH excluding ortho intramolecular Hbond substituents is 2. The van der Waals surface area contributed by atoms with Crippen molar-refractivity contribution in [1.82, 2.24) is 5.32 Å². The Bertz CT molecular complexity index is 2480. The Balaban J connectivity index is 1.23. The van der Waals surface area contributed by atoms with E-state index in [4.69, 9.17) is 26.0 Å². The number of hydrogen-bond donors (Lipinski definition) is 11. The van der Waals surface area contributed by atoms with Crippen molar-refractivity contribution in [2.45, 2.75) is 50.8 Å². The summed E-state index contributed by atoms with van der Waals surface area (Å²) in [7, 11) is 1.14. The van der Waals surface area contributed by atoms with E-state index in [1.54, 1.807) is 26.0 Å². The number of carboxylic acid groups (broad SMARTS) is 1. The number of carbonyl (C=O) groups excluding carboxylic acids is 5. The average Bonchev–Trinajstić information content (AvgIpc) is 3.25. The number of methoxy groups -OCH3 is 1. The fourth-order valence-corrected chi connectivity index (χ4v) is 6.15. The predicted molar refractivity (Wildman–Crippen MR) is 235 cm³/mol. The van der Waals surface area contributed by atoms with Gasteiger partial charge in [0.05, 0.1) is 29.0 Å². The quantitative estimate of drug-likeness (QED) is 0.0528. The van der Waals surface area contributed by atoms with E-state index in [1.165, 1.54) is 97.1 Å². The van der Waals surface area contributed by atoms with Crippen molar-refractivity contribution >= 4 is 58.3 Å². The van der Waals surface area contributed by atoms with E-state index in [0.29, 0.717) is 12.1 Å². The third kappa shape index (κ3) is 12.3. The Labute approximate surface area is 366 Å². The number of ether oxygens (including phenoxy) is 2. The molecule has 4 atom stereocenters. The largest absolute Gasteiger partial charge is 0.508 e. The van der Waals surface area contributed by atoms with Gasteiger partial charge in [0.15, 0.2) is 17.6 Å². The molecule has 0 bridgehead atoms. The molecular weight excluding hydrogens is 831 g/mol. The zero-order valence-corrected chi connectivity index (χ0v) is 34.7. The average molecular weight is 878 g/mol. The second kappa shape index (κ2) is 21.2. The number of aliphatic hydroxyl groups is 1. The highest BCUT2D eigenvalue weighted by molar-refractivity contribution is 6.10. The van der Waals surface area contributed by atoms with Gasteiger partial charge in [-0.25, -0.2) is 4.79 Å². The number of nitrogens with two attached hydrogens (primary N) is 2. The van der Waals surface area contributed by atoms with Gasteiger partial charge < -0.3 is 68.0 Å². The molecule has 5 aromatic carbocycles. The first-order valence-corrected chi connectivity index (χ1v) is 19.5. The molecule has 0 radical (unpaired) electrons. The predicted octanol–water partition coefficient (Wildman–Crippen LogP) is 3.63. The van der Waals surface area contributed by atoms with Crippen LogP contribution in [0.15, 0.2) is 109 Å². The van der Waals surface area contributed by atoms with Gasteiger partial charge in [-0.15, -0.1) is 0 Å². The Hall–Kier alpha value is -8.00. The fraction of sp³-hybridized carbons (Fsp3) is 0.200. The van der Waals surface area contributed by atoms with Gasteiger partial charge in [0, 0.05) is 35.3 Å². The van der Waals surface area contributed by atoms with Crippen molar-refractivity contribution in [1.29, 1.82) is 0 Å². The first-order chi connectivity index (χ1) is 30.4. The molecule has 0 aliphatic carbocycles. The topological polar surface area (TPSA) is 314 Å². The number of amides is 5. The number of anilines is 4. The van der Waals surface area contributed by atoms with E-state index >= 15 is 0 Å². The molecule has 1 unspecified atom stereocenters. The van der Waals surface area contributed by atoms with Crippen molar-refractivity contribution in [3.63, 3.8) is 0 Å². The maximum absolute atomic E-state index is 13.6. The van der Waals surface area contributed by atoms with Crippen molar-refractivity contribution in [2.75, 3.05) is 28.4 Å². The fourth-order valence-electron chi connectivity index (χ4n) is 6.15. The molecule has 0 heterocycles. The van der Waals surface area contributed by atoms with Crippen LogP contribution >= 0.6 is 0 Å². The number of aliphatic hydroxyl groups excluding tert-OH is 1. The minimum atomic E-state index is -1.62. The Morgan fingerprint density at radius 2 is 1.22 bits per heavy atom. The maximum Gasteiger partial charge on any atom is 0.335 e. The molecule has 0 aliphatic rings. The summed E-state index contributed by atoms with van der Waals surface area (Å²) < 4.78 is 11.0. The zero-order valence-electron chi connectivity index (χ0n) is 34.7. The molecule has 0 spiro atoms. The smallest absolute Gasteiger partial charge is 0.335 e. The highest BCUT2D eigenvalue weighted by Crippen LogP contribution is 2.39. The van der Waals surface area contributed by atoms with Gasteiger partial charge in [-0.2, -0.15) is 0 Å². The van der Waals surface area contributed by atoms with Crippen LogP contribution in [0.3, 0.4) is 0 Å². The number of rotatable bonds is 19. The van der Waals surface area contributed by atoms with Crippen LogP contribution in [0.2, 0.25) is 0 Å². The SMILES string of the molecule is CO[C@@H](C(N)=O)[C@H](NC(=O)c1ccc(N[C@@H](O)C(N)Cc2ccc(O)cc2)cc1)C(=O)Nc1ccc(C(=O)Nc2ccc(C(=O)Nc3ccc(C(=O)O)cc3)c(O)c2OC(C)C)cc1. The number of aromatic hydroxyl groups is 2. The van der Waals surface area contributed by atoms with Gasteiger partial charge >= 0.3 is 5.97 Å². The van der Waals surface area contributed by atoms with E-state index in [2.05, 4.69) is 26.6 Å². The molecule has 5 rings (SSSR count). The second-order valence-corrected chi connectivity index (χ2v) is 14.6. The van der Waals surface area contributed by atoms with Gasteiger partial charge in [0.2, 0.25) is 11.8 Å². The summed E-state index contributed by atoms with van der Waals surface area (Å²) in [5.74, 6) is -5.87. The molecule has 5 amide bonds. The van der Waals surface area contributed by atoms with Gasteiger partial charge in [-0.1, -0.05) is 12.1 Å². The minimum absolute atomic E-state index is 0.0162. The summed E-state index contributed by atoms with van der Waals surface area (Å²) >= 11 is 0. The van der Waals surface area contributed by atoms with Crippen LogP contribution in [0, 0.1) is 0 Å². The second-order valence-electron chi connectivity index (χ2n) is 14.6. The minimum Gasteiger partial charge on any atom is -0.508 e. The number of benzene rings is 5. The highest BCUT2D eigenvalue weighted by atomic mass is 16.5. The molecule has 13 N–H and O–H groups in total. The molecule has 0 aliphatic heterocycles. The lowest BCUT2D eigenvalue weighted by Gasteiger charge is -2.24. The van der Waals surface area contributed by atoms with Gasteiger partial charge in [-0.3, -0.25) is 24.0 Å². The summed E-state index contributed by atoms with van der Waals surface area (Å²) in [5, 5.41) is 53.5. The number of carbonyl (C=O) groups is 6. The van der Waals surface area contributed by atoms with Crippen LogP contribution in [-0.4, -0.2) is 93.6 Å². The van der Waals surface area contributed by atoms with E-state index in [9.17, 15) is 44.1 Å². The van der Waals surface area contributed by atoms with Gasteiger partial charge in [0.25, 0.3) is 17.7 Å². The van der Waals surface area contributed by atoms with E-state index in [1.807, 2.05) is 0 Å². The first kappa shape index (κ1) is 47.1. The van der Waals surface area contributed by atoms with Crippen LogP contribution in [0.1, 0.15) is 60.8 Å². The van der Waals surface area contributed by atoms with Crippen LogP contribution in [0.25, 0.3) is 0 Å². The third-order valence-corrected chi connectivity index (χ3v) is 9.46. The van der Waals surface area contributed by atoms with Crippen LogP contribution in [0.4, 0.5) is 22.7 Å². The molecule has 19 heteroatoms.